The molecule has 34 heavy (non-hydrogen) atoms. The number of hydrogen-bond donors (Lipinski definition) is 1. The Bertz CT molecular complexity index is 1200. The predicted octanol–water partition coefficient (Wildman–Crippen LogP) is 7.09. The molecule has 0 aliphatic heterocycles. The van der Waals surface area contributed by atoms with E-state index in [1.54, 1.807) is 31.3 Å². The molecule has 1 atom stereocenters. The van der Waals surface area contributed by atoms with Gasteiger partial charge in [-0.25, -0.2) is 4.39 Å². The van der Waals surface area contributed by atoms with E-state index in [1.807, 2.05) is 19.1 Å². The van der Waals surface area contributed by atoms with Gasteiger partial charge in [-0.2, -0.15) is 13.2 Å². The zero-order chi connectivity index (χ0) is 25.0. The van der Waals surface area contributed by atoms with Gasteiger partial charge in [0.05, 0.1) is 23.2 Å². The summed E-state index contributed by atoms with van der Waals surface area (Å²) < 4.78 is 54.9. The van der Waals surface area contributed by atoms with Crippen LogP contribution in [0.1, 0.15) is 49.8 Å². The highest BCUT2D eigenvalue weighted by atomic mass is 35.5. The smallest absolute Gasteiger partial charge is 0.346 e. The molecular formula is C26H23ClF4N2O. The van der Waals surface area contributed by atoms with Crippen molar-refractivity contribution in [2.45, 2.75) is 39.4 Å². The zero-order valence-corrected chi connectivity index (χ0v) is 19.6. The lowest BCUT2D eigenvalue weighted by atomic mass is 9.95. The minimum Gasteiger partial charge on any atom is -0.346 e. The second-order valence-corrected chi connectivity index (χ2v) is 8.50. The third-order valence-corrected chi connectivity index (χ3v) is 5.60. The third kappa shape index (κ3) is 6.23. The molecule has 1 amide bonds. The minimum atomic E-state index is -4.59. The maximum absolute atomic E-state index is 13.8. The number of pyridine rings is 1. The normalized spacial score (nSPS) is 12.7. The van der Waals surface area contributed by atoms with Crippen LogP contribution in [0.3, 0.4) is 0 Å². The highest BCUT2D eigenvalue weighted by Gasteiger charge is 2.39. The molecule has 0 bridgehead atoms. The van der Waals surface area contributed by atoms with E-state index in [2.05, 4.69) is 10.3 Å². The van der Waals surface area contributed by atoms with Crippen LogP contribution in [-0.2, 0) is 6.54 Å². The van der Waals surface area contributed by atoms with Crippen LogP contribution < -0.4 is 5.32 Å². The SMILES string of the molecule is Cc1ccc(CNC(=O)c2ccc(/C=C/C(c3cc(C)c(F)c(Cl)c3)C(F)(F)F)cc2C)nc1. The van der Waals surface area contributed by atoms with Crippen LogP contribution in [0.15, 0.2) is 54.7 Å². The van der Waals surface area contributed by atoms with Gasteiger partial charge in [-0.05, 0) is 66.8 Å². The molecule has 8 heteroatoms. The average molecular weight is 491 g/mol. The van der Waals surface area contributed by atoms with Crippen LogP contribution >= 0.6 is 11.6 Å². The summed E-state index contributed by atoms with van der Waals surface area (Å²) >= 11 is 5.76. The van der Waals surface area contributed by atoms with Crippen LogP contribution in [0.4, 0.5) is 17.6 Å². The molecule has 0 radical (unpaired) electrons. The first-order chi connectivity index (χ1) is 16.0. The fourth-order valence-electron chi connectivity index (χ4n) is 3.46. The molecule has 0 saturated carbocycles. The number of amides is 1. The van der Waals surface area contributed by atoms with Gasteiger partial charge in [0.2, 0.25) is 0 Å². The van der Waals surface area contributed by atoms with Gasteiger partial charge in [0.1, 0.15) is 5.82 Å². The number of aryl methyl sites for hydroxylation is 3. The summed E-state index contributed by atoms with van der Waals surface area (Å²) in [6.45, 7) is 5.25. The van der Waals surface area contributed by atoms with E-state index in [9.17, 15) is 22.4 Å². The number of hydrogen-bond acceptors (Lipinski definition) is 2. The fourth-order valence-corrected chi connectivity index (χ4v) is 3.74. The molecule has 3 rings (SSSR count). The van der Waals surface area contributed by atoms with E-state index in [4.69, 9.17) is 11.6 Å². The molecule has 2 aromatic carbocycles. The van der Waals surface area contributed by atoms with Crippen molar-refractivity contribution in [1.29, 1.82) is 0 Å². The van der Waals surface area contributed by atoms with Gasteiger partial charge in [0.25, 0.3) is 5.91 Å². The second kappa shape index (κ2) is 10.4. The van der Waals surface area contributed by atoms with Crippen LogP contribution in [-0.4, -0.2) is 17.1 Å². The second-order valence-electron chi connectivity index (χ2n) is 8.10. The largest absolute Gasteiger partial charge is 0.399 e. The molecule has 1 heterocycles. The van der Waals surface area contributed by atoms with Crippen molar-refractivity contribution < 1.29 is 22.4 Å². The van der Waals surface area contributed by atoms with E-state index < -0.39 is 17.9 Å². The number of carbonyl (C=O) groups is 1. The number of halogens is 5. The summed E-state index contributed by atoms with van der Waals surface area (Å²) in [5.41, 5.74) is 3.14. The first kappa shape index (κ1) is 25.4. The van der Waals surface area contributed by atoms with Gasteiger partial charge < -0.3 is 5.32 Å². The topological polar surface area (TPSA) is 42.0 Å². The van der Waals surface area contributed by atoms with Crippen molar-refractivity contribution in [2.24, 2.45) is 0 Å². The van der Waals surface area contributed by atoms with Crippen molar-refractivity contribution >= 4 is 23.6 Å². The molecule has 0 fully saturated rings. The lowest BCUT2D eigenvalue weighted by Gasteiger charge is -2.18. The molecular weight excluding hydrogens is 468 g/mol. The van der Waals surface area contributed by atoms with Crippen LogP contribution in [0.25, 0.3) is 6.08 Å². The molecule has 178 valence electrons. The van der Waals surface area contributed by atoms with Gasteiger partial charge >= 0.3 is 6.18 Å². The number of allylic oxidation sites excluding steroid dienone is 1. The monoisotopic (exact) mass is 490 g/mol. The summed E-state index contributed by atoms with van der Waals surface area (Å²) in [4.78, 5) is 16.8. The number of rotatable bonds is 6. The van der Waals surface area contributed by atoms with E-state index >= 15 is 0 Å². The lowest BCUT2D eigenvalue weighted by Crippen LogP contribution is -2.24. The number of nitrogens with one attached hydrogen (secondary N) is 1. The molecule has 3 aromatic rings. The van der Waals surface area contributed by atoms with Gasteiger partial charge in [-0.3, -0.25) is 9.78 Å². The number of carbonyl (C=O) groups excluding carboxylic acids is 1. The van der Waals surface area contributed by atoms with Gasteiger partial charge in [0, 0.05) is 11.8 Å². The lowest BCUT2D eigenvalue weighted by molar-refractivity contribution is -0.139. The molecule has 1 aromatic heterocycles. The Kier molecular flexibility index (Phi) is 7.77. The summed E-state index contributed by atoms with van der Waals surface area (Å²) in [6, 6.07) is 10.6. The number of benzene rings is 2. The van der Waals surface area contributed by atoms with Gasteiger partial charge in [0.15, 0.2) is 0 Å². The standard InChI is InChI=1S/C26H23ClF4N2O/c1-15-4-7-20(32-13-15)14-33-25(34)21-8-5-18(10-16(21)2)6-9-22(26(29,30)31)19-11-17(3)24(28)23(27)12-19/h4-13,22H,14H2,1-3H3,(H,33,34)/b9-6+. The molecule has 0 saturated heterocycles. The molecule has 1 unspecified atom stereocenters. The van der Waals surface area contributed by atoms with E-state index in [0.717, 1.165) is 23.8 Å². The van der Waals surface area contributed by atoms with Crippen molar-refractivity contribution in [3.8, 4) is 0 Å². The van der Waals surface area contributed by atoms with Crippen LogP contribution in [0, 0.1) is 26.6 Å². The summed E-state index contributed by atoms with van der Waals surface area (Å²) in [7, 11) is 0. The van der Waals surface area contributed by atoms with E-state index in [0.29, 0.717) is 22.4 Å². The molecule has 0 spiro atoms. The number of alkyl halides is 3. The third-order valence-electron chi connectivity index (χ3n) is 5.32. The van der Waals surface area contributed by atoms with Crippen molar-refractivity contribution in [1.82, 2.24) is 10.3 Å². The van der Waals surface area contributed by atoms with Crippen molar-refractivity contribution in [3.05, 3.63) is 105 Å². The highest BCUT2D eigenvalue weighted by Crippen LogP contribution is 2.38. The average Bonchev–Trinajstić information content (AvgIpc) is 2.76. The Morgan fingerprint density at radius 1 is 1.09 bits per heavy atom. The molecule has 0 aliphatic carbocycles. The maximum atomic E-state index is 13.8. The Labute approximate surface area is 200 Å². The fraction of sp³-hybridized carbons (Fsp3) is 0.231. The van der Waals surface area contributed by atoms with Gasteiger partial charge in [-0.1, -0.05) is 48.0 Å². The summed E-state index contributed by atoms with van der Waals surface area (Å²) in [6.07, 6.45) is -0.553. The number of nitrogens with zero attached hydrogens (tertiary/aromatic N) is 1. The van der Waals surface area contributed by atoms with E-state index in [-0.39, 0.29) is 28.6 Å². The summed E-state index contributed by atoms with van der Waals surface area (Å²) in [5.74, 6) is -3.01. The highest BCUT2D eigenvalue weighted by molar-refractivity contribution is 6.30. The summed E-state index contributed by atoms with van der Waals surface area (Å²) in [5, 5.41) is 2.43. The minimum absolute atomic E-state index is 0.0391. The molecule has 3 nitrogen and oxygen atoms in total. The molecule has 1 N–H and O–H groups in total. The Morgan fingerprint density at radius 3 is 2.41 bits per heavy atom. The predicted molar refractivity (Wildman–Crippen MR) is 125 cm³/mol. The zero-order valence-electron chi connectivity index (χ0n) is 18.8. The Balaban J connectivity index is 1.77. The molecule has 0 aliphatic rings. The van der Waals surface area contributed by atoms with Crippen molar-refractivity contribution in [3.63, 3.8) is 0 Å². The van der Waals surface area contributed by atoms with Crippen LogP contribution in [0.2, 0.25) is 5.02 Å². The first-order valence-electron chi connectivity index (χ1n) is 10.5. The quantitative estimate of drug-likeness (QED) is 0.375. The Morgan fingerprint density at radius 2 is 1.82 bits per heavy atom. The van der Waals surface area contributed by atoms with E-state index in [1.165, 1.54) is 13.0 Å². The van der Waals surface area contributed by atoms with Crippen LogP contribution in [0.5, 0.6) is 0 Å². The van der Waals surface area contributed by atoms with Gasteiger partial charge in [-0.15, -0.1) is 0 Å². The van der Waals surface area contributed by atoms with Crippen molar-refractivity contribution in [2.75, 3.05) is 0 Å². The maximum Gasteiger partial charge on any atom is 0.399 e. The first-order valence-corrected chi connectivity index (χ1v) is 10.8. The Hall–Kier alpha value is -3.19. The number of aromatic nitrogens is 1.